The lowest BCUT2D eigenvalue weighted by Gasteiger charge is -2.17. The highest BCUT2D eigenvalue weighted by Gasteiger charge is 2.07. The molecule has 4 heteroatoms. The summed E-state index contributed by atoms with van der Waals surface area (Å²) >= 11 is 0. The van der Waals surface area contributed by atoms with Crippen molar-refractivity contribution >= 4 is 5.82 Å². The molecule has 1 aromatic rings. The number of nitrogens with two attached hydrogens (primary N) is 1. The topological polar surface area (TPSA) is 60.2 Å². The Balaban J connectivity index is 2.56. The summed E-state index contributed by atoms with van der Waals surface area (Å²) in [6.45, 7) is 3.26. The van der Waals surface area contributed by atoms with E-state index in [4.69, 9.17) is 10.5 Å². The fraction of sp³-hybridized carbons (Fsp3) is 0.545. The summed E-state index contributed by atoms with van der Waals surface area (Å²) in [7, 11) is 1.69. The standard InChI is InChI=1S/C11H19N3O/c1-9-4-3-5-11(13-9)14-10(6-7-12)8-15-2/h3-5,10H,6-8,12H2,1-2H3,(H,13,14). The van der Waals surface area contributed by atoms with E-state index < -0.39 is 0 Å². The van der Waals surface area contributed by atoms with Crippen molar-refractivity contribution in [2.45, 2.75) is 19.4 Å². The number of rotatable bonds is 6. The molecule has 0 spiro atoms. The molecule has 1 atom stereocenters. The maximum atomic E-state index is 5.53. The van der Waals surface area contributed by atoms with Crippen molar-refractivity contribution < 1.29 is 4.74 Å². The predicted octanol–water partition coefficient (Wildman–Crippen LogP) is 1.17. The minimum Gasteiger partial charge on any atom is -0.383 e. The molecule has 0 amide bonds. The highest BCUT2D eigenvalue weighted by Crippen LogP contribution is 2.07. The summed E-state index contributed by atoms with van der Waals surface area (Å²) in [6.07, 6.45) is 0.878. The van der Waals surface area contributed by atoms with Gasteiger partial charge in [-0.1, -0.05) is 6.07 Å². The zero-order chi connectivity index (χ0) is 11.1. The van der Waals surface area contributed by atoms with Crippen LogP contribution in [0.1, 0.15) is 12.1 Å². The molecule has 0 bridgehead atoms. The van der Waals surface area contributed by atoms with Crippen LogP contribution in [0.5, 0.6) is 0 Å². The normalized spacial score (nSPS) is 12.5. The summed E-state index contributed by atoms with van der Waals surface area (Å²) in [5.41, 5.74) is 6.53. The van der Waals surface area contributed by atoms with Gasteiger partial charge >= 0.3 is 0 Å². The van der Waals surface area contributed by atoms with E-state index in [0.29, 0.717) is 13.2 Å². The third kappa shape index (κ3) is 4.27. The highest BCUT2D eigenvalue weighted by molar-refractivity contribution is 5.36. The third-order valence-corrected chi connectivity index (χ3v) is 2.12. The first-order chi connectivity index (χ1) is 7.26. The molecule has 0 saturated heterocycles. The van der Waals surface area contributed by atoms with Gasteiger partial charge in [-0.05, 0) is 32.0 Å². The number of hydrogen-bond donors (Lipinski definition) is 2. The van der Waals surface area contributed by atoms with Crippen LogP contribution in [0.4, 0.5) is 5.82 Å². The van der Waals surface area contributed by atoms with E-state index >= 15 is 0 Å². The Hall–Kier alpha value is -1.13. The number of pyridine rings is 1. The smallest absolute Gasteiger partial charge is 0.126 e. The lowest BCUT2D eigenvalue weighted by Crippen LogP contribution is -2.28. The van der Waals surface area contributed by atoms with E-state index in [0.717, 1.165) is 17.9 Å². The average Bonchev–Trinajstić information content (AvgIpc) is 2.18. The summed E-state index contributed by atoms with van der Waals surface area (Å²) in [4.78, 5) is 4.37. The Kier molecular flexibility index (Phi) is 5.07. The molecular formula is C11H19N3O. The van der Waals surface area contributed by atoms with Crippen molar-refractivity contribution in [1.29, 1.82) is 0 Å². The zero-order valence-electron chi connectivity index (χ0n) is 9.36. The predicted molar refractivity (Wildman–Crippen MR) is 61.9 cm³/mol. The molecule has 0 aromatic carbocycles. The Morgan fingerprint density at radius 2 is 2.33 bits per heavy atom. The van der Waals surface area contributed by atoms with Crippen LogP contribution in [0.2, 0.25) is 0 Å². The number of methoxy groups -OCH3 is 1. The van der Waals surface area contributed by atoms with Gasteiger partial charge in [0.2, 0.25) is 0 Å². The van der Waals surface area contributed by atoms with Gasteiger partial charge in [0, 0.05) is 12.8 Å². The van der Waals surface area contributed by atoms with Crippen LogP contribution in [-0.2, 0) is 4.74 Å². The summed E-state index contributed by atoms with van der Waals surface area (Å²) in [5, 5.41) is 3.31. The molecule has 0 aliphatic heterocycles. The number of hydrogen-bond acceptors (Lipinski definition) is 4. The molecule has 4 nitrogen and oxygen atoms in total. The molecule has 84 valence electrons. The molecule has 0 aliphatic rings. The van der Waals surface area contributed by atoms with Crippen LogP contribution in [0, 0.1) is 6.92 Å². The van der Waals surface area contributed by atoms with E-state index in [1.807, 2.05) is 25.1 Å². The number of nitrogens with one attached hydrogen (secondary N) is 1. The van der Waals surface area contributed by atoms with Gasteiger partial charge in [-0.25, -0.2) is 4.98 Å². The molecule has 1 unspecified atom stereocenters. The van der Waals surface area contributed by atoms with E-state index in [-0.39, 0.29) is 6.04 Å². The molecule has 15 heavy (non-hydrogen) atoms. The Bertz CT molecular complexity index is 285. The van der Waals surface area contributed by atoms with Crippen molar-refractivity contribution in [1.82, 2.24) is 4.98 Å². The Labute approximate surface area is 90.8 Å². The first kappa shape index (κ1) is 11.9. The number of aryl methyl sites for hydroxylation is 1. The molecule has 0 fully saturated rings. The zero-order valence-corrected chi connectivity index (χ0v) is 9.36. The maximum absolute atomic E-state index is 5.53. The second kappa shape index (κ2) is 6.37. The fourth-order valence-electron chi connectivity index (χ4n) is 1.43. The van der Waals surface area contributed by atoms with Crippen molar-refractivity contribution in [3.63, 3.8) is 0 Å². The van der Waals surface area contributed by atoms with Crippen LogP contribution in [0.3, 0.4) is 0 Å². The maximum Gasteiger partial charge on any atom is 0.126 e. The van der Waals surface area contributed by atoms with E-state index in [2.05, 4.69) is 10.3 Å². The van der Waals surface area contributed by atoms with E-state index in [1.54, 1.807) is 7.11 Å². The van der Waals surface area contributed by atoms with Gasteiger partial charge < -0.3 is 15.8 Å². The number of ether oxygens (including phenoxy) is 1. The Morgan fingerprint density at radius 1 is 1.53 bits per heavy atom. The second-order valence-electron chi connectivity index (χ2n) is 3.54. The monoisotopic (exact) mass is 209 g/mol. The summed E-state index contributed by atoms with van der Waals surface area (Å²) in [6, 6.07) is 6.14. The quantitative estimate of drug-likeness (QED) is 0.738. The first-order valence-electron chi connectivity index (χ1n) is 5.15. The first-order valence-corrected chi connectivity index (χ1v) is 5.15. The summed E-state index contributed by atoms with van der Waals surface area (Å²) < 4.78 is 5.11. The minimum absolute atomic E-state index is 0.231. The number of aromatic nitrogens is 1. The van der Waals surface area contributed by atoms with Crippen LogP contribution in [0.25, 0.3) is 0 Å². The van der Waals surface area contributed by atoms with Crippen LogP contribution >= 0.6 is 0 Å². The molecule has 1 heterocycles. The van der Waals surface area contributed by atoms with Gasteiger partial charge in [-0.15, -0.1) is 0 Å². The molecule has 1 rings (SSSR count). The van der Waals surface area contributed by atoms with Crippen LogP contribution in [-0.4, -0.2) is 31.3 Å². The van der Waals surface area contributed by atoms with Crippen LogP contribution in [0.15, 0.2) is 18.2 Å². The van der Waals surface area contributed by atoms with Gasteiger partial charge in [-0.2, -0.15) is 0 Å². The van der Waals surface area contributed by atoms with Crippen molar-refractivity contribution in [2.24, 2.45) is 5.73 Å². The molecule has 0 aliphatic carbocycles. The lowest BCUT2D eigenvalue weighted by atomic mass is 10.2. The number of anilines is 1. The van der Waals surface area contributed by atoms with E-state index in [1.165, 1.54) is 0 Å². The van der Waals surface area contributed by atoms with E-state index in [9.17, 15) is 0 Å². The molecule has 0 radical (unpaired) electrons. The molecule has 1 aromatic heterocycles. The SMILES string of the molecule is COCC(CCN)Nc1cccc(C)n1. The van der Waals surface area contributed by atoms with Crippen molar-refractivity contribution in [2.75, 3.05) is 25.6 Å². The summed E-state index contributed by atoms with van der Waals surface area (Å²) in [5.74, 6) is 0.880. The van der Waals surface area contributed by atoms with Crippen molar-refractivity contribution in [3.8, 4) is 0 Å². The van der Waals surface area contributed by atoms with Gasteiger partial charge in [0.1, 0.15) is 5.82 Å². The highest BCUT2D eigenvalue weighted by atomic mass is 16.5. The van der Waals surface area contributed by atoms with Gasteiger partial charge in [-0.3, -0.25) is 0 Å². The largest absolute Gasteiger partial charge is 0.383 e. The minimum atomic E-state index is 0.231. The van der Waals surface area contributed by atoms with Gasteiger partial charge in [0.15, 0.2) is 0 Å². The fourth-order valence-corrected chi connectivity index (χ4v) is 1.43. The van der Waals surface area contributed by atoms with Gasteiger partial charge in [0.25, 0.3) is 0 Å². The lowest BCUT2D eigenvalue weighted by molar-refractivity contribution is 0.183. The molecule has 0 saturated carbocycles. The third-order valence-electron chi connectivity index (χ3n) is 2.12. The Morgan fingerprint density at radius 3 is 2.93 bits per heavy atom. The second-order valence-corrected chi connectivity index (χ2v) is 3.54. The average molecular weight is 209 g/mol. The number of nitrogens with zero attached hydrogens (tertiary/aromatic N) is 1. The van der Waals surface area contributed by atoms with Crippen molar-refractivity contribution in [3.05, 3.63) is 23.9 Å². The molecule has 3 N–H and O–H groups in total. The van der Waals surface area contributed by atoms with Crippen LogP contribution < -0.4 is 11.1 Å². The van der Waals surface area contributed by atoms with Gasteiger partial charge in [0.05, 0.1) is 12.6 Å². The molecular weight excluding hydrogens is 190 g/mol.